The first-order chi connectivity index (χ1) is 10.3. The van der Waals surface area contributed by atoms with E-state index in [0.717, 1.165) is 29.7 Å². The van der Waals surface area contributed by atoms with E-state index < -0.39 is 0 Å². The van der Waals surface area contributed by atoms with Crippen LogP contribution in [-0.2, 0) is 0 Å². The predicted octanol–water partition coefficient (Wildman–Crippen LogP) is 5.79. The Labute approximate surface area is 133 Å². The Balaban J connectivity index is 1.84. The summed E-state index contributed by atoms with van der Waals surface area (Å²) in [6.45, 7) is 8.47. The molecule has 0 saturated heterocycles. The van der Waals surface area contributed by atoms with E-state index in [1.54, 1.807) is 0 Å². The molecule has 2 saturated carbocycles. The molecule has 1 N–H and O–H groups in total. The molecule has 0 aliphatic heterocycles. The molecule has 21 heavy (non-hydrogen) atoms. The number of rotatable bonds is 10. The first-order valence-electron chi connectivity index (χ1n) is 10.00. The molecule has 0 spiro atoms. The summed E-state index contributed by atoms with van der Waals surface area (Å²) >= 11 is 0. The van der Waals surface area contributed by atoms with Crippen molar-refractivity contribution in [3.05, 3.63) is 0 Å². The van der Waals surface area contributed by atoms with Crippen molar-refractivity contribution in [3.63, 3.8) is 0 Å². The summed E-state index contributed by atoms with van der Waals surface area (Å²) in [5.74, 6) is 4.01. The van der Waals surface area contributed by atoms with Crippen LogP contribution in [0.5, 0.6) is 0 Å². The summed E-state index contributed by atoms with van der Waals surface area (Å²) in [7, 11) is 0. The minimum Gasteiger partial charge on any atom is -0.314 e. The highest BCUT2D eigenvalue weighted by Gasteiger charge is 2.32. The zero-order valence-electron chi connectivity index (χ0n) is 14.9. The zero-order chi connectivity index (χ0) is 15.1. The molecule has 2 aliphatic rings. The molecule has 4 unspecified atom stereocenters. The molecule has 1 nitrogen and oxygen atoms in total. The average Bonchev–Trinajstić information content (AvgIpc) is 3.34. The molecule has 2 fully saturated rings. The number of hydrogen-bond donors (Lipinski definition) is 1. The summed E-state index contributed by atoms with van der Waals surface area (Å²) in [4.78, 5) is 0. The smallest absolute Gasteiger partial charge is 0.00683 e. The number of unbranched alkanes of at least 4 members (excludes halogenated alkanes) is 1. The lowest BCUT2D eigenvalue weighted by molar-refractivity contribution is 0.140. The fourth-order valence-corrected chi connectivity index (χ4v) is 4.37. The Morgan fingerprint density at radius 2 is 1.81 bits per heavy atom. The Morgan fingerprint density at radius 3 is 2.43 bits per heavy atom. The van der Waals surface area contributed by atoms with Gasteiger partial charge in [-0.15, -0.1) is 0 Å². The minimum atomic E-state index is 0.886. The Hall–Kier alpha value is -0.0400. The Bertz CT molecular complexity index is 271. The molecule has 0 aromatic carbocycles. The Kier molecular flexibility index (Phi) is 7.57. The predicted molar refractivity (Wildman–Crippen MR) is 93.6 cm³/mol. The van der Waals surface area contributed by atoms with E-state index in [4.69, 9.17) is 0 Å². The topological polar surface area (TPSA) is 12.0 Å². The first kappa shape index (κ1) is 17.3. The van der Waals surface area contributed by atoms with E-state index in [0.29, 0.717) is 0 Å². The number of nitrogens with one attached hydrogen (secondary N) is 1. The van der Waals surface area contributed by atoms with Gasteiger partial charge in [0.2, 0.25) is 0 Å². The molecule has 0 aromatic heterocycles. The van der Waals surface area contributed by atoms with E-state index in [1.807, 2.05) is 0 Å². The maximum Gasteiger partial charge on any atom is 0.00683 e. The second-order valence-electron chi connectivity index (χ2n) is 7.94. The third-order valence-corrected chi connectivity index (χ3v) is 6.25. The summed E-state index contributed by atoms with van der Waals surface area (Å²) in [5.41, 5.74) is 0. The molecule has 0 bridgehead atoms. The van der Waals surface area contributed by atoms with Gasteiger partial charge in [0.25, 0.3) is 0 Å². The first-order valence-corrected chi connectivity index (χ1v) is 10.00. The van der Waals surface area contributed by atoms with Crippen molar-refractivity contribution in [1.29, 1.82) is 0 Å². The molecule has 0 radical (unpaired) electrons. The van der Waals surface area contributed by atoms with Gasteiger partial charge in [-0.05, 0) is 62.3 Å². The van der Waals surface area contributed by atoms with E-state index in [9.17, 15) is 0 Å². The van der Waals surface area contributed by atoms with Crippen LogP contribution in [-0.4, -0.2) is 12.6 Å². The van der Waals surface area contributed by atoms with Crippen LogP contribution in [0.2, 0.25) is 0 Å². The van der Waals surface area contributed by atoms with Crippen molar-refractivity contribution in [2.75, 3.05) is 6.54 Å². The van der Waals surface area contributed by atoms with Crippen LogP contribution < -0.4 is 5.32 Å². The molecule has 1 heteroatoms. The van der Waals surface area contributed by atoms with Gasteiger partial charge in [-0.1, -0.05) is 59.3 Å². The van der Waals surface area contributed by atoms with Gasteiger partial charge in [0, 0.05) is 6.04 Å². The summed E-state index contributed by atoms with van der Waals surface area (Å²) in [6, 6.07) is 0.886. The van der Waals surface area contributed by atoms with Crippen LogP contribution in [0.25, 0.3) is 0 Å². The lowest BCUT2D eigenvalue weighted by Crippen LogP contribution is -2.35. The van der Waals surface area contributed by atoms with Crippen LogP contribution >= 0.6 is 0 Å². The van der Waals surface area contributed by atoms with Gasteiger partial charge in [0.1, 0.15) is 0 Å². The molecule has 0 amide bonds. The fraction of sp³-hybridized carbons (Fsp3) is 1.00. The highest BCUT2D eigenvalue weighted by molar-refractivity contribution is 4.86. The quantitative estimate of drug-likeness (QED) is 0.538. The SMILES string of the molecule is CCCCC(CC)CC1CC(CC)CCC1CNC1CC1. The van der Waals surface area contributed by atoms with E-state index in [2.05, 4.69) is 26.1 Å². The third kappa shape index (κ3) is 5.93. The van der Waals surface area contributed by atoms with Crippen LogP contribution in [0.3, 0.4) is 0 Å². The van der Waals surface area contributed by atoms with Gasteiger partial charge in [0.15, 0.2) is 0 Å². The monoisotopic (exact) mass is 293 g/mol. The average molecular weight is 294 g/mol. The maximum absolute atomic E-state index is 3.82. The summed E-state index contributed by atoms with van der Waals surface area (Å²) in [6.07, 6.45) is 16.0. The second kappa shape index (κ2) is 9.18. The van der Waals surface area contributed by atoms with Crippen molar-refractivity contribution >= 4 is 0 Å². The van der Waals surface area contributed by atoms with Crippen molar-refractivity contribution in [2.24, 2.45) is 23.7 Å². The second-order valence-corrected chi connectivity index (χ2v) is 7.94. The van der Waals surface area contributed by atoms with E-state index in [-0.39, 0.29) is 0 Å². The molecular weight excluding hydrogens is 254 g/mol. The highest BCUT2D eigenvalue weighted by atomic mass is 14.9. The van der Waals surface area contributed by atoms with Crippen LogP contribution in [0.15, 0.2) is 0 Å². The minimum absolute atomic E-state index is 0.886. The molecule has 4 atom stereocenters. The molecule has 2 rings (SSSR count). The standard InChI is InChI=1S/C20H39N/c1-4-7-8-16(5-2)13-19-14-17(6-3)9-10-18(19)15-21-20-11-12-20/h16-21H,4-15H2,1-3H3. The van der Waals surface area contributed by atoms with Gasteiger partial charge in [-0.3, -0.25) is 0 Å². The zero-order valence-corrected chi connectivity index (χ0v) is 14.9. The lowest BCUT2D eigenvalue weighted by Gasteiger charge is -2.38. The largest absolute Gasteiger partial charge is 0.314 e. The van der Waals surface area contributed by atoms with Crippen LogP contribution in [0.1, 0.15) is 91.4 Å². The van der Waals surface area contributed by atoms with Gasteiger partial charge in [-0.25, -0.2) is 0 Å². The van der Waals surface area contributed by atoms with Gasteiger partial charge >= 0.3 is 0 Å². The van der Waals surface area contributed by atoms with Crippen molar-refractivity contribution in [3.8, 4) is 0 Å². The summed E-state index contributed by atoms with van der Waals surface area (Å²) < 4.78 is 0. The van der Waals surface area contributed by atoms with Gasteiger partial charge < -0.3 is 5.32 Å². The molecule has 124 valence electrons. The maximum atomic E-state index is 3.82. The van der Waals surface area contributed by atoms with Gasteiger partial charge in [-0.2, -0.15) is 0 Å². The molecular formula is C20H39N. The van der Waals surface area contributed by atoms with Crippen molar-refractivity contribution in [2.45, 2.75) is 97.4 Å². The molecule has 2 aliphatic carbocycles. The third-order valence-electron chi connectivity index (χ3n) is 6.25. The Morgan fingerprint density at radius 1 is 1.00 bits per heavy atom. The van der Waals surface area contributed by atoms with E-state index >= 15 is 0 Å². The fourth-order valence-electron chi connectivity index (χ4n) is 4.37. The number of hydrogen-bond acceptors (Lipinski definition) is 1. The normalized spacial score (nSPS) is 31.3. The molecule has 0 heterocycles. The van der Waals surface area contributed by atoms with Crippen molar-refractivity contribution in [1.82, 2.24) is 5.32 Å². The lowest BCUT2D eigenvalue weighted by atomic mass is 9.69. The summed E-state index contributed by atoms with van der Waals surface area (Å²) in [5, 5.41) is 3.82. The van der Waals surface area contributed by atoms with Gasteiger partial charge in [0.05, 0.1) is 0 Å². The van der Waals surface area contributed by atoms with Crippen LogP contribution in [0, 0.1) is 23.7 Å². The molecule has 0 aromatic rings. The van der Waals surface area contributed by atoms with Crippen molar-refractivity contribution < 1.29 is 0 Å². The van der Waals surface area contributed by atoms with Crippen LogP contribution in [0.4, 0.5) is 0 Å². The highest BCUT2D eigenvalue weighted by Crippen LogP contribution is 2.40. The van der Waals surface area contributed by atoms with E-state index in [1.165, 1.54) is 77.2 Å².